The monoisotopic (exact) mass is 450 g/mol. The highest BCUT2D eigenvalue weighted by Crippen LogP contribution is 2.52. The van der Waals surface area contributed by atoms with E-state index in [1.54, 1.807) is 6.07 Å². The lowest BCUT2D eigenvalue weighted by atomic mass is 9.57. The molecule has 2 heterocycles. The van der Waals surface area contributed by atoms with Crippen molar-refractivity contribution >= 4 is 17.4 Å². The number of anilines is 1. The van der Waals surface area contributed by atoms with Crippen molar-refractivity contribution in [3.8, 4) is 11.3 Å². The zero-order valence-electron chi connectivity index (χ0n) is 18.1. The van der Waals surface area contributed by atoms with E-state index in [-0.39, 0.29) is 5.82 Å². The zero-order chi connectivity index (χ0) is 22.0. The maximum atomic E-state index is 13.5. The normalized spacial score (nSPS) is 18.4. The average Bonchev–Trinajstić information content (AvgIpc) is 2.80. The van der Waals surface area contributed by atoms with Crippen LogP contribution in [0.3, 0.4) is 0 Å². The van der Waals surface area contributed by atoms with Crippen molar-refractivity contribution in [3.63, 3.8) is 0 Å². The highest BCUT2D eigenvalue weighted by molar-refractivity contribution is 6.33. The predicted molar refractivity (Wildman–Crippen MR) is 127 cm³/mol. The fourth-order valence-electron chi connectivity index (χ4n) is 5.26. The molecule has 0 unspecified atom stereocenters. The van der Waals surface area contributed by atoms with Gasteiger partial charge < -0.3 is 5.32 Å². The molecule has 1 spiro atoms. The van der Waals surface area contributed by atoms with Gasteiger partial charge in [-0.25, -0.2) is 4.39 Å². The van der Waals surface area contributed by atoms with Crippen molar-refractivity contribution in [2.75, 3.05) is 25.0 Å². The van der Waals surface area contributed by atoms with Crippen LogP contribution < -0.4 is 5.32 Å². The van der Waals surface area contributed by atoms with E-state index in [0.717, 1.165) is 18.9 Å². The Hall–Kier alpha value is -2.50. The van der Waals surface area contributed by atoms with Gasteiger partial charge in [0.1, 0.15) is 11.6 Å². The van der Waals surface area contributed by atoms with E-state index in [2.05, 4.69) is 50.7 Å². The molecule has 4 nitrogen and oxygen atoms in total. The number of nitrogens with one attached hydrogen (secondary N) is 1. The fraction of sp³-hybridized carbons (Fsp3) is 0.385. The second kappa shape index (κ2) is 9.16. The molecular formula is C26H28ClFN4. The molecule has 6 heteroatoms. The topological polar surface area (TPSA) is 41.0 Å². The van der Waals surface area contributed by atoms with Gasteiger partial charge in [0.25, 0.3) is 0 Å². The maximum Gasteiger partial charge on any atom is 0.148 e. The summed E-state index contributed by atoms with van der Waals surface area (Å²) in [5.74, 6) is 1.10. The van der Waals surface area contributed by atoms with Gasteiger partial charge >= 0.3 is 0 Å². The first kappa shape index (κ1) is 21.4. The van der Waals surface area contributed by atoms with Gasteiger partial charge in [0.2, 0.25) is 0 Å². The van der Waals surface area contributed by atoms with Gasteiger partial charge in [-0.05, 0) is 86.0 Å². The second-order valence-corrected chi connectivity index (χ2v) is 9.75. The molecule has 1 aliphatic heterocycles. The highest BCUT2D eigenvalue weighted by atomic mass is 35.5. The van der Waals surface area contributed by atoms with Crippen LogP contribution in [0.4, 0.5) is 10.2 Å². The summed E-state index contributed by atoms with van der Waals surface area (Å²) < 4.78 is 13.5. The average molecular weight is 451 g/mol. The van der Waals surface area contributed by atoms with E-state index in [9.17, 15) is 4.39 Å². The Morgan fingerprint density at radius 1 is 1.00 bits per heavy atom. The number of likely N-dealkylation sites (tertiary alicyclic amines) is 1. The molecule has 0 bridgehead atoms. The van der Waals surface area contributed by atoms with Gasteiger partial charge in [0, 0.05) is 18.7 Å². The Morgan fingerprint density at radius 3 is 2.50 bits per heavy atom. The van der Waals surface area contributed by atoms with E-state index in [0.29, 0.717) is 27.6 Å². The molecule has 166 valence electrons. The van der Waals surface area contributed by atoms with E-state index < -0.39 is 0 Å². The number of hydrogen-bond acceptors (Lipinski definition) is 4. The largest absolute Gasteiger partial charge is 0.368 e. The minimum Gasteiger partial charge on any atom is -0.368 e. The number of halogens is 2. The number of benzene rings is 2. The lowest BCUT2D eigenvalue weighted by Crippen LogP contribution is -2.48. The summed E-state index contributed by atoms with van der Waals surface area (Å²) >= 11 is 6.17. The molecule has 0 atom stereocenters. The van der Waals surface area contributed by atoms with Crippen LogP contribution in [0.2, 0.25) is 5.02 Å². The zero-order valence-corrected chi connectivity index (χ0v) is 18.9. The number of piperidine rings is 1. The summed E-state index contributed by atoms with van der Waals surface area (Å²) in [5, 5.41) is 12.4. The van der Waals surface area contributed by atoms with Crippen LogP contribution in [0.5, 0.6) is 0 Å². The molecule has 3 aromatic rings. The SMILES string of the molecule is Fc1ccc(Cl)c(-c2ccc(NCC3CC4(CCN(Cc5ccccc5)CC4)C3)nn2)c1. The lowest BCUT2D eigenvalue weighted by molar-refractivity contribution is -0.0100. The van der Waals surface area contributed by atoms with Gasteiger partial charge in [-0.1, -0.05) is 41.9 Å². The first-order valence-electron chi connectivity index (χ1n) is 11.4. The van der Waals surface area contributed by atoms with E-state index in [1.807, 2.05) is 12.1 Å². The first-order chi connectivity index (χ1) is 15.6. The highest BCUT2D eigenvalue weighted by Gasteiger charge is 2.45. The smallest absolute Gasteiger partial charge is 0.148 e. The summed E-state index contributed by atoms with van der Waals surface area (Å²) in [6.45, 7) is 4.39. The molecule has 1 saturated heterocycles. The minimum absolute atomic E-state index is 0.335. The fourth-order valence-corrected chi connectivity index (χ4v) is 5.47. The molecule has 5 rings (SSSR count). The number of rotatable bonds is 6. The van der Waals surface area contributed by atoms with Crippen LogP contribution in [-0.4, -0.2) is 34.7 Å². The summed E-state index contributed by atoms with van der Waals surface area (Å²) in [6.07, 6.45) is 5.20. The third kappa shape index (κ3) is 4.79. The Bertz CT molecular complexity index is 1040. The minimum atomic E-state index is -0.335. The van der Waals surface area contributed by atoms with Crippen molar-refractivity contribution in [3.05, 3.63) is 77.1 Å². The molecule has 1 N–H and O–H groups in total. The van der Waals surface area contributed by atoms with E-state index in [4.69, 9.17) is 11.6 Å². The first-order valence-corrected chi connectivity index (χ1v) is 11.8. The van der Waals surface area contributed by atoms with Gasteiger partial charge in [0.15, 0.2) is 0 Å². The van der Waals surface area contributed by atoms with Crippen molar-refractivity contribution in [2.45, 2.75) is 32.2 Å². The van der Waals surface area contributed by atoms with Crippen LogP contribution in [0, 0.1) is 17.2 Å². The summed E-state index contributed by atoms with van der Waals surface area (Å²) in [5.41, 5.74) is 3.09. The Labute approximate surface area is 193 Å². The van der Waals surface area contributed by atoms with Crippen LogP contribution in [0.15, 0.2) is 60.7 Å². The number of nitrogens with zero attached hydrogens (tertiary/aromatic N) is 3. The lowest BCUT2D eigenvalue weighted by Gasteiger charge is -2.52. The molecule has 2 fully saturated rings. The van der Waals surface area contributed by atoms with Crippen molar-refractivity contribution < 1.29 is 4.39 Å². The predicted octanol–water partition coefficient (Wildman–Crippen LogP) is 6.04. The number of aromatic nitrogens is 2. The molecule has 2 aromatic carbocycles. The standard InChI is InChI=1S/C26H28ClFN4/c27-23-7-6-21(28)14-22(23)24-8-9-25(31-30-24)29-17-20-15-26(16-20)10-12-32(13-11-26)18-19-4-2-1-3-5-19/h1-9,14,20H,10-13,15-18H2,(H,29,31). The molecule has 1 aromatic heterocycles. The second-order valence-electron chi connectivity index (χ2n) is 9.34. The van der Waals surface area contributed by atoms with Crippen LogP contribution in [0.1, 0.15) is 31.2 Å². The van der Waals surface area contributed by atoms with E-state index >= 15 is 0 Å². The van der Waals surface area contributed by atoms with Gasteiger partial charge in [-0.2, -0.15) is 0 Å². The van der Waals surface area contributed by atoms with Crippen LogP contribution in [0.25, 0.3) is 11.3 Å². The number of hydrogen-bond donors (Lipinski definition) is 1. The van der Waals surface area contributed by atoms with Crippen LogP contribution in [-0.2, 0) is 6.54 Å². The summed E-state index contributed by atoms with van der Waals surface area (Å²) in [7, 11) is 0. The molecule has 1 saturated carbocycles. The molecular weight excluding hydrogens is 423 g/mol. The van der Waals surface area contributed by atoms with E-state index in [1.165, 1.54) is 56.5 Å². The Morgan fingerprint density at radius 2 is 1.78 bits per heavy atom. The summed E-state index contributed by atoms with van der Waals surface area (Å²) in [6, 6.07) is 18.8. The van der Waals surface area contributed by atoms with Gasteiger partial charge in [0.05, 0.1) is 10.7 Å². The Kier molecular flexibility index (Phi) is 6.11. The quantitative estimate of drug-likeness (QED) is 0.497. The van der Waals surface area contributed by atoms with Gasteiger partial charge in [-0.15, -0.1) is 10.2 Å². The molecule has 2 aliphatic rings. The molecule has 32 heavy (non-hydrogen) atoms. The van der Waals surface area contributed by atoms with Crippen molar-refractivity contribution in [1.29, 1.82) is 0 Å². The van der Waals surface area contributed by atoms with Crippen molar-refractivity contribution in [2.24, 2.45) is 11.3 Å². The van der Waals surface area contributed by atoms with Crippen LogP contribution >= 0.6 is 11.6 Å². The van der Waals surface area contributed by atoms with Gasteiger partial charge in [-0.3, -0.25) is 4.90 Å². The third-order valence-corrected chi connectivity index (χ3v) is 7.38. The molecule has 0 radical (unpaired) electrons. The Balaban J connectivity index is 1.08. The maximum absolute atomic E-state index is 13.5. The third-order valence-electron chi connectivity index (χ3n) is 7.05. The van der Waals surface area contributed by atoms with Crippen molar-refractivity contribution in [1.82, 2.24) is 15.1 Å². The molecule has 0 amide bonds. The summed E-state index contributed by atoms with van der Waals surface area (Å²) in [4.78, 5) is 2.59. The molecule has 1 aliphatic carbocycles.